The number of rotatable bonds is 5. The number of nitro benzene ring substituents is 1. The molecule has 0 fully saturated rings. The van der Waals surface area contributed by atoms with Crippen LogP contribution in [0, 0.1) is 10.1 Å². The molecule has 0 saturated carbocycles. The molecule has 1 aromatic heterocycles. The van der Waals surface area contributed by atoms with E-state index >= 15 is 0 Å². The number of hydrogen-bond acceptors (Lipinski definition) is 5. The number of aromatic hydroxyl groups is 1. The number of non-ortho nitro benzene ring substituents is 1. The van der Waals surface area contributed by atoms with Crippen LogP contribution in [0.3, 0.4) is 0 Å². The average molecular weight is 335 g/mol. The fourth-order valence-corrected chi connectivity index (χ4v) is 2.22. The van der Waals surface area contributed by atoms with Gasteiger partial charge in [0.2, 0.25) is 0 Å². The molecule has 0 saturated heterocycles. The van der Waals surface area contributed by atoms with Gasteiger partial charge in [-0.15, -0.1) is 0 Å². The Hall–Kier alpha value is -3.67. The minimum Gasteiger partial charge on any atom is -0.508 e. The number of carbonyl (C=O) groups excluding carboxylic acids is 1. The Morgan fingerprint density at radius 2 is 1.68 bits per heavy atom. The minimum absolute atomic E-state index is 0.00919. The smallest absolute Gasteiger partial charge is 0.269 e. The zero-order valence-corrected chi connectivity index (χ0v) is 13.0. The average Bonchev–Trinajstić information content (AvgIpc) is 3.09. The number of carbonyl (C=O) groups is 1. The van der Waals surface area contributed by atoms with Crippen molar-refractivity contribution in [2.75, 3.05) is 0 Å². The van der Waals surface area contributed by atoms with Gasteiger partial charge < -0.3 is 9.52 Å². The maximum absolute atomic E-state index is 12.0. The number of allylic oxidation sites excluding steroid dienone is 1. The van der Waals surface area contributed by atoms with E-state index in [1.807, 2.05) is 0 Å². The zero-order valence-electron chi connectivity index (χ0n) is 13.0. The highest BCUT2D eigenvalue weighted by Crippen LogP contribution is 2.25. The van der Waals surface area contributed by atoms with Crippen molar-refractivity contribution in [3.05, 3.63) is 88.2 Å². The van der Waals surface area contributed by atoms with Gasteiger partial charge in [0.25, 0.3) is 5.69 Å². The number of hydrogen-bond donors (Lipinski definition) is 1. The molecule has 124 valence electrons. The third-order valence-electron chi connectivity index (χ3n) is 3.54. The van der Waals surface area contributed by atoms with E-state index in [0.29, 0.717) is 22.6 Å². The lowest BCUT2D eigenvalue weighted by molar-refractivity contribution is -0.384. The molecule has 6 nitrogen and oxygen atoms in total. The highest BCUT2D eigenvalue weighted by Gasteiger charge is 2.08. The standard InChI is InChI=1S/C19H13NO5/c21-16-7-3-13(4-8-16)18(22)11-9-17-10-12-19(25-17)14-1-5-15(6-2-14)20(23)24/h1-12,21H/b11-9-. The number of furan rings is 1. The summed E-state index contributed by atoms with van der Waals surface area (Å²) in [7, 11) is 0. The first-order valence-electron chi connectivity index (χ1n) is 7.39. The maximum Gasteiger partial charge on any atom is 0.269 e. The van der Waals surface area contributed by atoms with E-state index in [1.54, 1.807) is 30.3 Å². The number of phenolic OH excluding ortho intramolecular Hbond substituents is 1. The van der Waals surface area contributed by atoms with Crippen molar-refractivity contribution in [2.24, 2.45) is 0 Å². The van der Waals surface area contributed by atoms with Crippen LogP contribution in [0.15, 0.2) is 71.2 Å². The molecule has 6 heteroatoms. The largest absolute Gasteiger partial charge is 0.508 e. The molecular weight excluding hydrogens is 322 g/mol. The number of nitrogens with zero attached hydrogens (tertiary/aromatic N) is 1. The van der Waals surface area contributed by atoms with Crippen LogP contribution in [0.4, 0.5) is 5.69 Å². The monoisotopic (exact) mass is 335 g/mol. The van der Waals surface area contributed by atoms with Crippen molar-refractivity contribution in [1.82, 2.24) is 0 Å². The van der Waals surface area contributed by atoms with E-state index < -0.39 is 4.92 Å². The third kappa shape index (κ3) is 3.81. The molecule has 1 heterocycles. The Kier molecular flexibility index (Phi) is 4.43. The van der Waals surface area contributed by atoms with Gasteiger partial charge in [-0.3, -0.25) is 14.9 Å². The van der Waals surface area contributed by atoms with Gasteiger partial charge in [-0.25, -0.2) is 0 Å². The summed E-state index contributed by atoms with van der Waals surface area (Å²) in [5, 5.41) is 19.9. The molecule has 0 aliphatic heterocycles. The van der Waals surface area contributed by atoms with E-state index in [-0.39, 0.29) is 17.2 Å². The van der Waals surface area contributed by atoms with Crippen LogP contribution in [0.2, 0.25) is 0 Å². The van der Waals surface area contributed by atoms with Crippen LogP contribution < -0.4 is 0 Å². The first-order valence-corrected chi connectivity index (χ1v) is 7.39. The lowest BCUT2D eigenvalue weighted by atomic mass is 10.1. The molecule has 3 aromatic rings. The number of benzene rings is 2. The summed E-state index contributed by atoms with van der Waals surface area (Å²) in [6, 6.07) is 15.4. The lowest BCUT2D eigenvalue weighted by Crippen LogP contribution is -1.92. The highest BCUT2D eigenvalue weighted by molar-refractivity contribution is 6.06. The summed E-state index contributed by atoms with van der Waals surface area (Å²) in [5.41, 5.74) is 1.17. The summed E-state index contributed by atoms with van der Waals surface area (Å²) < 4.78 is 5.63. The third-order valence-corrected chi connectivity index (χ3v) is 3.54. The summed E-state index contributed by atoms with van der Waals surface area (Å²) >= 11 is 0. The van der Waals surface area contributed by atoms with Crippen molar-refractivity contribution >= 4 is 17.5 Å². The van der Waals surface area contributed by atoms with E-state index in [1.165, 1.54) is 42.5 Å². The maximum atomic E-state index is 12.0. The van der Waals surface area contributed by atoms with E-state index in [4.69, 9.17) is 4.42 Å². The normalized spacial score (nSPS) is 10.9. The molecule has 3 rings (SSSR count). The molecule has 2 aromatic carbocycles. The van der Waals surface area contributed by atoms with Crippen LogP contribution in [-0.2, 0) is 0 Å². The molecule has 0 spiro atoms. The van der Waals surface area contributed by atoms with Crippen molar-refractivity contribution in [2.45, 2.75) is 0 Å². The van der Waals surface area contributed by atoms with Gasteiger partial charge in [0.05, 0.1) is 4.92 Å². The lowest BCUT2D eigenvalue weighted by Gasteiger charge is -1.97. The summed E-state index contributed by atoms with van der Waals surface area (Å²) in [6.45, 7) is 0. The Balaban J connectivity index is 1.73. The molecular formula is C19H13NO5. The molecule has 25 heavy (non-hydrogen) atoms. The second-order valence-electron chi connectivity index (χ2n) is 5.25. The fourth-order valence-electron chi connectivity index (χ4n) is 2.22. The van der Waals surface area contributed by atoms with Crippen LogP contribution in [0.5, 0.6) is 5.75 Å². The van der Waals surface area contributed by atoms with Crippen LogP contribution in [-0.4, -0.2) is 15.8 Å². The van der Waals surface area contributed by atoms with Gasteiger partial charge in [-0.2, -0.15) is 0 Å². The molecule has 0 aliphatic rings. The van der Waals surface area contributed by atoms with Crippen molar-refractivity contribution in [3.63, 3.8) is 0 Å². The topological polar surface area (TPSA) is 93.6 Å². The van der Waals surface area contributed by atoms with E-state index in [2.05, 4.69) is 0 Å². The molecule has 0 atom stereocenters. The Morgan fingerprint density at radius 1 is 1.00 bits per heavy atom. The second kappa shape index (κ2) is 6.84. The SMILES string of the molecule is O=C(/C=C\c1ccc(-c2ccc([N+](=O)[O-])cc2)o1)c1ccc(O)cc1. The molecule has 0 bridgehead atoms. The Labute approximate surface area is 142 Å². The first kappa shape index (κ1) is 16.2. The molecule has 0 radical (unpaired) electrons. The molecule has 0 amide bonds. The number of phenols is 1. The molecule has 0 unspecified atom stereocenters. The fraction of sp³-hybridized carbons (Fsp3) is 0. The van der Waals surface area contributed by atoms with Crippen molar-refractivity contribution in [3.8, 4) is 17.1 Å². The number of nitro groups is 1. The van der Waals surface area contributed by atoms with Crippen LogP contribution >= 0.6 is 0 Å². The van der Waals surface area contributed by atoms with Gasteiger partial charge in [-0.05, 0) is 60.7 Å². The summed E-state index contributed by atoms with van der Waals surface area (Å²) in [6.07, 6.45) is 2.93. The van der Waals surface area contributed by atoms with Gasteiger partial charge in [0, 0.05) is 23.3 Å². The Bertz CT molecular complexity index is 937. The van der Waals surface area contributed by atoms with E-state index in [9.17, 15) is 20.0 Å². The zero-order chi connectivity index (χ0) is 17.8. The molecule has 1 N–H and O–H groups in total. The highest BCUT2D eigenvalue weighted by atomic mass is 16.6. The van der Waals surface area contributed by atoms with Gasteiger partial charge in [-0.1, -0.05) is 0 Å². The van der Waals surface area contributed by atoms with Crippen molar-refractivity contribution in [1.29, 1.82) is 0 Å². The van der Waals surface area contributed by atoms with Crippen LogP contribution in [0.25, 0.3) is 17.4 Å². The molecule has 0 aliphatic carbocycles. The predicted octanol–water partition coefficient (Wildman–Crippen LogP) is 4.46. The predicted molar refractivity (Wildman–Crippen MR) is 92.3 cm³/mol. The second-order valence-corrected chi connectivity index (χ2v) is 5.25. The minimum atomic E-state index is -0.463. The summed E-state index contributed by atoms with van der Waals surface area (Å²) in [4.78, 5) is 22.2. The summed E-state index contributed by atoms with van der Waals surface area (Å²) in [5.74, 6) is 0.916. The first-order chi connectivity index (χ1) is 12.0. The number of ketones is 1. The van der Waals surface area contributed by atoms with Gasteiger partial charge in [0.1, 0.15) is 17.3 Å². The van der Waals surface area contributed by atoms with Gasteiger partial charge in [0.15, 0.2) is 5.78 Å². The van der Waals surface area contributed by atoms with Crippen LogP contribution in [0.1, 0.15) is 16.1 Å². The Morgan fingerprint density at radius 3 is 2.32 bits per heavy atom. The quantitative estimate of drug-likeness (QED) is 0.321. The van der Waals surface area contributed by atoms with E-state index in [0.717, 1.165) is 0 Å². The van der Waals surface area contributed by atoms with Gasteiger partial charge >= 0.3 is 0 Å². The van der Waals surface area contributed by atoms with Crippen molar-refractivity contribution < 1.29 is 19.2 Å².